The van der Waals surface area contributed by atoms with E-state index in [-0.39, 0.29) is 13.1 Å². The molecule has 0 aliphatic carbocycles. The van der Waals surface area contributed by atoms with E-state index in [2.05, 4.69) is 5.29 Å². The van der Waals surface area contributed by atoms with Crippen LogP contribution in [0, 0.1) is 10.8 Å². The van der Waals surface area contributed by atoms with Crippen molar-refractivity contribution < 1.29 is 14.3 Å². The number of nitrogens with zero attached hydrogens (tertiary/aromatic N) is 2. The molecule has 1 fully saturated rings. The van der Waals surface area contributed by atoms with Crippen LogP contribution in [-0.4, -0.2) is 35.3 Å². The smallest absolute Gasteiger partial charge is 0.338 e. The summed E-state index contributed by atoms with van der Waals surface area (Å²) in [6, 6.07) is 0. The second-order valence-electron chi connectivity index (χ2n) is 2.45. The summed E-state index contributed by atoms with van der Waals surface area (Å²) >= 11 is 0. The molecule has 1 unspecified atom stereocenters. The quantitative estimate of drug-likeness (QED) is 0.594. The Hall–Kier alpha value is -1.20. The van der Waals surface area contributed by atoms with Gasteiger partial charge in [0.2, 0.25) is 6.17 Å². The Balaban J connectivity index is 2.31. The highest BCUT2D eigenvalue weighted by atomic mass is 19.1. The molecule has 1 saturated heterocycles. The maximum absolute atomic E-state index is 12.5. The first-order chi connectivity index (χ1) is 5.15. The lowest BCUT2D eigenvalue weighted by Crippen LogP contribution is -2.49. The third-order valence-corrected chi connectivity index (χ3v) is 1.66. The lowest BCUT2D eigenvalue weighted by molar-refractivity contribution is -0.147. The monoisotopic (exact) mass is 162 g/mol. The van der Waals surface area contributed by atoms with Gasteiger partial charge in [-0.1, -0.05) is 0 Å². The highest BCUT2D eigenvalue weighted by molar-refractivity contribution is 5.72. The summed E-state index contributed by atoms with van der Waals surface area (Å²) in [6.45, 7) is 0.216. The average molecular weight is 162 g/mol. The van der Waals surface area contributed by atoms with Crippen molar-refractivity contribution in [1.29, 1.82) is 0 Å². The number of rotatable bonds is 3. The number of carboxylic acids is 1. The van der Waals surface area contributed by atoms with Gasteiger partial charge in [0, 0.05) is 19.0 Å². The first kappa shape index (κ1) is 7.90. The molecule has 0 aromatic carbocycles. The van der Waals surface area contributed by atoms with Gasteiger partial charge in [0.05, 0.1) is 5.29 Å². The molecule has 0 spiro atoms. The molecule has 11 heavy (non-hydrogen) atoms. The molecule has 6 heteroatoms. The molecule has 0 saturated carbocycles. The van der Waals surface area contributed by atoms with Gasteiger partial charge >= 0.3 is 5.97 Å². The van der Waals surface area contributed by atoms with E-state index in [1.165, 1.54) is 0 Å². The van der Waals surface area contributed by atoms with Gasteiger partial charge in [-0.15, -0.1) is 4.91 Å². The summed E-state index contributed by atoms with van der Waals surface area (Å²) in [4.78, 5) is 19.8. The summed E-state index contributed by atoms with van der Waals surface area (Å²) in [7, 11) is 0. The zero-order valence-electron chi connectivity index (χ0n) is 5.61. The molecule has 1 N–H and O–H groups in total. The summed E-state index contributed by atoms with van der Waals surface area (Å²) in [6.07, 6.45) is -1.87. The minimum atomic E-state index is -1.87. The Morgan fingerprint density at radius 3 is 2.64 bits per heavy atom. The van der Waals surface area contributed by atoms with E-state index in [4.69, 9.17) is 5.11 Å². The highest BCUT2D eigenvalue weighted by Crippen LogP contribution is 2.21. The largest absolute Gasteiger partial charge is 0.479 e. The predicted molar refractivity (Wildman–Crippen MR) is 33.4 cm³/mol. The minimum absolute atomic E-state index is 0.108. The van der Waals surface area contributed by atoms with Gasteiger partial charge in [-0.05, 0) is 0 Å². The van der Waals surface area contributed by atoms with E-state index in [9.17, 15) is 14.1 Å². The van der Waals surface area contributed by atoms with Crippen molar-refractivity contribution in [1.82, 2.24) is 5.01 Å². The topological polar surface area (TPSA) is 70.0 Å². The zero-order valence-corrected chi connectivity index (χ0v) is 5.61. The number of alkyl halides is 1. The third kappa shape index (κ3) is 1.44. The van der Waals surface area contributed by atoms with Gasteiger partial charge in [-0.3, -0.25) is 5.01 Å². The number of halogens is 1. The van der Waals surface area contributed by atoms with Crippen molar-refractivity contribution in [3.63, 3.8) is 0 Å². The van der Waals surface area contributed by atoms with Gasteiger partial charge in [0.15, 0.2) is 0 Å². The molecule has 0 bridgehead atoms. The van der Waals surface area contributed by atoms with E-state index in [1.807, 2.05) is 0 Å². The normalized spacial score (nSPS) is 20.6. The summed E-state index contributed by atoms with van der Waals surface area (Å²) < 4.78 is 12.5. The molecule has 1 rings (SSSR count). The summed E-state index contributed by atoms with van der Waals surface area (Å²) in [5.74, 6) is -2.05. The molecule has 5 nitrogen and oxygen atoms in total. The fourth-order valence-corrected chi connectivity index (χ4v) is 0.941. The van der Waals surface area contributed by atoms with E-state index in [1.54, 1.807) is 0 Å². The van der Waals surface area contributed by atoms with Crippen molar-refractivity contribution in [2.24, 2.45) is 11.2 Å². The number of carboxylic acid groups (broad SMARTS) is 1. The average Bonchev–Trinajstić information content (AvgIpc) is 1.85. The van der Waals surface area contributed by atoms with Crippen molar-refractivity contribution in [2.75, 3.05) is 13.1 Å². The standard InChI is InChI=1S/C5H7FN2O3/c6-4(5(9)10)3-1-8(2-3)7-11/h3-4H,1-2H2,(H,9,10). The maximum Gasteiger partial charge on any atom is 0.338 e. The van der Waals surface area contributed by atoms with Crippen LogP contribution < -0.4 is 0 Å². The maximum atomic E-state index is 12.5. The van der Waals surface area contributed by atoms with Crippen LogP contribution in [0.15, 0.2) is 5.29 Å². The van der Waals surface area contributed by atoms with Crippen molar-refractivity contribution in [2.45, 2.75) is 6.17 Å². The molecule has 1 atom stereocenters. The first-order valence-corrected chi connectivity index (χ1v) is 3.10. The van der Waals surface area contributed by atoms with Gasteiger partial charge in [-0.25, -0.2) is 9.18 Å². The predicted octanol–water partition coefficient (Wildman–Crippen LogP) is 0.0223. The second kappa shape index (κ2) is 2.81. The molecule has 1 aliphatic heterocycles. The Labute approximate surface area is 61.7 Å². The van der Waals surface area contributed by atoms with Crippen LogP contribution in [0.3, 0.4) is 0 Å². The lowest BCUT2D eigenvalue weighted by Gasteiger charge is -2.34. The van der Waals surface area contributed by atoms with Gasteiger partial charge in [-0.2, -0.15) is 0 Å². The number of carbonyl (C=O) groups is 1. The van der Waals surface area contributed by atoms with Crippen LogP contribution in [0.5, 0.6) is 0 Å². The van der Waals surface area contributed by atoms with Crippen molar-refractivity contribution >= 4 is 5.97 Å². The van der Waals surface area contributed by atoms with Crippen molar-refractivity contribution in [3.8, 4) is 0 Å². The molecular formula is C5H7FN2O3. The molecule has 1 heterocycles. The van der Waals surface area contributed by atoms with E-state index in [0.29, 0.717) is 0 Å². The van der Waals surface area contributed by atoms with Gasteiger partial charge < -0.3 is 5.11 Å². The van der Waals surface area contributed by atoms with Crippen molar-refractivity contribution in [3.05, 3.63) is 4.91 Å². The second-order valence-corrected chi connectivity index (χ2v) is 2.45. The molecule has 0 radical (unpaired) electrons. The van der Waals surface area contributed by atoms with Crippen LogP contribution in [0.1, 0.15) is 0 Å². The van der Waals surface area contributed by atoms with Crippen LogP contribution in [0.2, 0.25) is 0 Å². The Morgan fingerprint density at radius 2 is 2.27 bits per heavy atom. The first-order valence-electron chi connectivity index (χ1n) is 3.10. The number of hydrogen-bond donors (Lipinski definition) is 1. The molecule has 62 valence electrons. The summed E-state index contributed by atoms with van der Waals surface area (Å²) in [5, 5.41) is 11.8. The highest BCUT2D eigenvalue weighted by Gasteiger charge is 2.38. The van der Waals surface area contributed by atoms with E-state index in [0.717, 1.165) is 5.01 Å². The molecule has 0 aromatic rings. The summed E-state index contributed by atoms with van der Waals surface area (Å²) in [5.41, 5.74) is 0. The SMILES string of the molecule is O=NN1CC(C(F)C(=O)O)C1. The van der Waals surface area contributed by atoms with Crippen LogP contribution in [-0.2, 0) is 4.79 Å². The fourth-order valence-electron chi connectivity index (χ4n) is 0.941. The Bertz CT molecular complexity index is 181. The number of aliphatic carboxylic acids is 1. The molecule has 0 aromatic heterocycles. The number of hydrogen-bond acceptors (Lipinski definition) is 3. The number of nitroso groups, excluding NO2 is 1. The van der Waals surface area contributed by atoms with Crippen LogP contribution >= 0.6 is 0 Å². The van der Waals surface area contributed by atoms with Gasteiger partial charge in [0.25, 0.3) is 0 Å². The Kier molecular flexibility index (Phi) is 2.02. The molecule has 0 amide bonds. The van der Waals surface area contributed by atoms with Gasteiger partial charge in [0.1, 0.15) is 0 Å². The van der Waals surface area contributed by atoms with Crippen LogP contribution in [0.25, 0.3) is 0 Å². The fraction of sp³-hybridized carbons (Fsp3) is 0.800. The Morgan fingerprint density at radius 1 is 1.73 bits per heavy atom. The lowest BCUT2D eigenvalue weighted by atomic mass is 9.97. The van der Waals surface area contributed by atoms with Crippen LogP contribution in [0.4, 0.5) is 4.39 Å². The van der Waals surface area contributed by atoms with E-state index < -0.39 is 18.1 Å². The third-order valence-electron chi connectivity index (χ3n) is 1.66. The molecule has 1 aliphatic rings. The van der Waals surface area contributed by atoms with E-state index >= 15 is 0 Å². The minimum Gasteiger partial charge on any atom is -0.479 e. The molecular weight excluding hydrogens is 155 g/mol. The zero-order chi connectivity index (χ0) is 8.43.